The topological polar surface area (TPSA) is 60.7 Å². The number of ether oxygens (including phenoxy) is 1. The van der Waals surface area contributed by atoms with Gasteiger partial charge in [-0.3, -0.25) is 0 Å². The summed E-state index contributed by atoms with van der Waals surface area (Å²) >= 11 is 0. The second-order valence-electron chi connectivity index (χ2n) is 4.97. The zero-order chi connectivity index (χ0) is 15.4. The van der Waals surface area contributed by atoms with Crippen LogP contribution in [0.4, 0.5) is 5.69 Å². The fraction of sp³-hybridized carbons (Fsp3) is 0.312. The second kappa shape index (κ2) is 6.35. The molecule has 21 heavy (non-hydrogen) atoms. The first kappa shape index (κ1) is 15.0. The Labute approximate surface area is 123 Å². The number of nitrogens with zero attached hydrogens (tertiary/aromatic N) is 2. The molecule has 5 nitrogen and oxygen atoms in total. The summed E-state index contributed by atoms with van der Waals surface area (Å²) in [5, 5.41) is 3.05. The van der Waals surface area contributed by atoms with E-state index >= 15 is 0 Å². The molecule has 0 fully saturated rings. The van der Waals surface area contributed by atoms with Crippen molar-refractivity contribution < 1.29 is 9.53 Å². The van der Waals surface area contributed by atoms with Crippen molar-refractivity contribution >= 4 is 11.7 Å². The van der Waals surface area contributed by atoms with Gasteiger partial charge in [0, 0.05) is 11.8 Å². The van der Waals surface area contributed by atoms with E-state index in [4.69, 9.17) is 4.74 Å². The Balaban J connectivity index is 2.38. The van der Waals surface area contributed by atoms with Crippen LogP contribution in [0.25, 0.3) is 0 Å². The maximum absolute atomic E-state index is 12.0. The average molecular weight is 286 g/mol. The van der Waals surface area contributed by atoms with Crippen molar-refractivity contribution in [2.24, 2.45) is 5.18 Å². The van der Waals surface area contributed by atoms with Crippen molar-refractivity contribution in [3.63, 3.8) is 0 Å². The molecule has 0 unspecified atom stereocenters. The highest BCUT2D eigenvalue weighted by Gasteiger charge is 2.15. The van der Waals surface area contributed by atoms with Gasteiger partial charge >= 0.3 is 5.97 Å². The number of hydrogen-bond donors (Lipinski definition) is 0. The van der Waals surface area contributed by atoms with E-state index in [9.17, 15) is 9.70 Å². The summed E-state index contributed by atoms with van der Waals surface area (Å²) < 4.78 is 6.84. The third-order valence-electron chi connectivity index (χ3n) is 3.19. The molecule has 0 spiro atoms. The summed E-state index contributed by atoms with van der Waals surface area (Å²) in [6, 6.07) is 7.22. The minimum absolute atomic E-state index is 0.328. The molecule has 1 aromatic carbocycles. The van der Waals surface area contributed by atoms with Gasteiger partial charge in [0.05, 0.1) is 13.2 Å². The van der Waals surface area contributed by atoms with Gasteiger partial charge in [-0.15, -0.1) is 4.91 Å². The summed E-state index contributed by atoms with van der Waals surface area (Å²) in [7, 11) is 0. The molecule has 0 aliphatic carbocycles. The van der Waals surface area contributed by atoms with E-state index in [0.29, 0.717) is 24.5 Å². The molecule has 5 heteroatoms. The number of aromatic nitrogens is 1. The quantitative estimate of drug-likeness (QED) is 0.621. The fourth-order valence-electron chi connectivity index (χ4n) is 2.28. The van der Waals surface area contributed by atoms with Crippen LogP contribution in [0.5, 0.6) is 0 Å². The Kier molecular flexibility index (Phi) is 4.52. The lowest BCUT2D eigenvalue weighted by molar-refractivity contribution is 0.0514. The molecular formula is C16H18N2O3. The van der Waals surface area contributed by atoms with E-state index in [0.717, 1.165) is 16.7 Å². The fourth-order valence-corrected chi connectivity index (χ4v) is 2.28. The van der Waals surface area contributed by atoms with Gasteiger partial charge in [-0.2, -0.15) is 0 Å². The molecule has 0 aliphatic rings. The van der Waals surface area contributed by atoms with Crippen LogP contribution in [0.1, 0.15) is 34.1 Å². The van der Waals surface area contributed by atoms with Crippen LogP contribution in [-0.4, -0.2) is 17.1 Å². The van der Waals surface area contributed by atoms with E-state index in [1.807, 2.05) is 32.2 Å². The molecule has 0 saturated heterocycles. The molecule has 0 saturated carbocycles. The Hall–Kier alpha value is -2.43. The van der Waals surface area contributed by atoms with Crippen molar-refractivity contribution in [3.8, 4) is 0 Å². The minimum atomic E-state index is -0.362. The Bertz CT molecular complexity index is 674. The largest absolute Gasteiger partial charge is 0.461 e. The van der Waals surface area contributed by atoms with E-state index < -0.39 is 0 Å². The number of benzene rings is 1. The highest BCUT2D eigenvalue weighted by Crippen LogP contribution is 2.23. The van der Waals surface area contributed by atoms with Crippen molar-refractivity contribution in [2.45, 2.75) is 27.3 Å². The first-order chi connectivity index (χ1) is 10.0. The molecule has 0 radical (unpaired) electrons. The predicted octanol–water partition coefficient (Wildman–Crippen LogP) is 3.73. The normalized spacial score (nSPS) is 10.4. The van der Waals surface area contributed by atoms with Crippen LogP contribution < -0.4 is 0 Å². The smallest absolute Gasteiger partial charge is 0.354 e. The standard InChI is InChI=1S/C16H18N2O3/c1-4-21-16(19)15-8-12(3)9-18(15)10-13-7-11(2)5-6-14(13)17-20/h5-9H,4,10H2,1-3H3. The molecule has 2 rings (SSSR count). The van der Waals surface area contributed by atoms with Crippen LogP contribution in [0, 0.1) is 18.8 Å². The summed E-state index contributed by atoms with van der Waals surface area (Å²) in [5.74, 6) is -0.362. The summed E-state index contributed by atoms with van der Waals surface area (Å²) in [6.45, 7) is 6.37. The first-order valence-electron chi connectivity index (χ1n) is 6.82. The SMILES string of the molecule is CCOC(=O)c1cc(C)cn1Cc1cc(C)ccc1N=O. The molecule has 0 amide bonds. The zero-order valence-corrected chi connectivity index (χ0v) is 12.4. The van der Waals surface area contributed by atoms with Gasteiger partial charge in [-0.25, -0.2) is 4.79 Å². The maximum Gasteiger partial charge on any atom is 0.354 e. The van der Waals surface area contributed by atoms with Gasteiger partial charge in [-0.05, 0) is 43.6 Å². The van der Waals surface area contributed by atoms with E-state index in [-0.39, 0.29) is 5.97 Å². The van der Waals surface area contributed by atoms with E-state index in [1.54, 1.807) is 23.6 Å². The number of hydrogen-bond acceptors (Lipinski definition) is 4. The molecule has 0 bridgehead atoms. The highest BCUT2D eigenvalue weighted by atomic mass is 16.5. The number of esters is 1. The van der Waals surface area contributed by atoms with Gasteiger partial charge < -0.3 is 9.30 Å². The summed E-state index contributed by atoms with van der Waals surface area (Å²) in [5.41, 5.74) is 3.66. The number of nitroso groups, excluding NO2 is 1. The third kappa shape index (κ3) is 3.37. The monoisotopic (exact) mass is 286 g/mol. The van der Waals surface area contributed by atoms with E-state index in [1.165, 1.54) is 0 Å². The van der Waals surface area contributed by atoms with E-state index in [2.05, 4.69) is 5.18 Å². The average Bonchev–Trinajstić information content (AvgIpc) is 2.80. The molecule has 0 aliphatic heterocycles. The molecule has 1 heterocycles. The summed E-state index contributed by atoms with van der Waals surface area (Å²) in [6.07, 6.45) is 1.86. The number of rotatable bonds is 5. The lowest BCUT2D eigenvalue weighted by Crippen LogP contribution is -2.12. The van der Waals surface area contributed by atoms with Crippen molar-refractivity contribution in [1.29, 1.82) is 0 Å². The molecule has 0 N–H and O–H groups in total. The molecule has 1 aromatic heterocycles. The van der Waals surface area contributed by atoms with Crippen molar-refractivity contribution in [3.05, 3.63) is 57.8 Å². The van der Waals surface area contributed by atoms with Crippen molar-refractivity contribution in [2.75, 3.05) is 6.61 Å². The Morgan fingerprint density at radius 3 is 2.67 bits per heavy atom. The van der Waals surface area contributed by atoms with Gasteiger partial charge in [0.15, 0.2) is 0 Å². The molecule has 2 aromatic rings. The zero-order valence-electron chi connectivity index (χ0n) is 12.4. The third-order valence-corrected chi connectivity index (χ3v) is 3.19. The predicted molar refractivity (Wildman–Crippen MR) is 80.9 cm³/mol. The number of carbonyl (C=O) groups is 1. The van der Waals surface area contributed by atoms with Gasteiger partial charge in [0.2, 0.25) is 0 Å². The number of aryl methyl sites for hydroxylation is 2. The maximum atomic E-state index is 12.0. The lowest BCUT2D eigenvalue weighted by atomic mass is 10.1. The van der Waals surface area contributed by atoms with Crippen LogP contribution in [0.2, 0.25) is 0 Å². The Morgan fingerprint density at radius 1 is 1.24 bits per heavy atom. The second-order valence-corrected chi connectivity index (χ2v) is 4.97. The van der Waals surface area contributed by atoms with Crippen molar-refractivity contribution in [1.82, 2.24) is 4.57 Å². The lowest BCUT2D eigenvalue weighted by Gasteiger charge is -2.10. The van der Waals surface area contributed by atoms with Crippen LogP contribution in [-0.2, 0) is 11.3 Å². The highest BCUT2D eigenvalue weighted by molar-refractivity contribution is 5.88. The van der Waals surface area contributed by atoms with Gasteiger partial charge in [-0.1, -0.05) is 17.7 Å². The molecule has 110 valence electrons. The molecular weight excluding hydrogens is 268 g/mol. The van der Waals surface area contributed by atoms with Crippen LogP contribution in [0.3, 0.4) is 0 Å². The van der Waals surface area contributed by atoms with Gasteiger partial charge in [0.1, 0.15) is 11.4 Å². The van der Waals surface area contributed by atoms with Crippen LogP contribution in [0.15, 0.2) is 35.6 Å². The first-order valence-corrected chi connectivity index (χ1v) is 6.82. The molecule has 0 atom stereocenters. The van der Waals surface area contributed by atoms with Gasteiger partial charge in [0.25, 0.3) is 0 Å². The Morgan fingerprint density at radius 2 is 2.00 bits per heavy atom. The minimum Gasteiger partial charge on any atom is -0.461 e. The van der Waals surface area contributed by atoms with Crippen LogP contribution >= 0.6 is 0 Å². The summed E-state index contributed by atoms with van der Waals surface area (Å²) in [4.78, 5) is 22.9. The number of carbonyl (C=O) groups excluding carboxylic acids is 1.